The molecular formula is C10H17NO4. The Kier molecular flexibility index (Phi) is 4.48. The van der Waals surface area contributed by atoms with Crippen LogP contribution < -0.4 is 5.73 Å². The quantitative estimate of drug-likeness (QED) is 0.247. The number of esters is 2. The Labute approximate surface area is 89.2 Å². The van der Waals surface area contributed by atoms with E-state index >= 15 is 0 Å². The van der Waals surface area contributed by atoms with Crippen LogP contribution in [0.5, 0.6) is 0 Å². The fraction of sp³-hybridized carbons (Fsp3) is 0.600. The summed E-state index contributed by atoms with van der Waals surface area (Å²) in [5.41, 5.74) is 4.19. The predicted octanol–water partition coefficient (Wildman–Crippen LogP) is 0.732. The molecule has 0 radical (unpaired) electrons. The molecule has 5 heteroatoms. The van der Waals surface area contributed by atoms with E-state index < -0.39 is 23.8 Å². The molecule has 0 aromatic rings. The van der Waals surface area contributed by atoms with Gasteiger partial charge in [0.25, 0.3) is 0 Å². The van der Waals surface area contributed by atoms with Gasteiger partial charge >= 0.3 is 11.9 Å². The van der Waals surface area contributed by atoms with Crippen LogP contribution in [0, 0.1) is 0 Å². The number of hydrogen-bond donors (Lipinski definition) is 1. The summed E-state index contributed by atoms with van der Waals surface area (Å²) in [4.78, 5) is 22.5. The number of rotatable bonds is 3. The zero-order chi connectivity index (χ0) is 12.2. The van der Waals surface area contributed by atoms with Gasteiger partial charge in [0.2, 0.25) is 0 Å². The highest BCUT2D eigenvalue weighted by atomic mass is 16.6. The Hall–Kier alpha value is -1.36. The lowest BCUT2D eigenvalue weighted by atomic mass is 10.2. The van der Waals surface area contributed by atoms with E-state index in [4.69, 9.17) is 10.5 Å². The second-order valence-electron chi connectivity index (χ2n) is 4.09. The van der Waals surface area contributed by atoms with E-state index in [-0.39, 0.29) is 5.57 Å². The summed E-state index contributed by atoms with van der Waals surface area (Å²) in [5, 5.41) is 0. The fourth-order valence-electron chi connectivity index (χ4n) is 0.663. The third-order valence-corrected chi connectivity index (χ3v) is 1.18. The van der Waals surface area contributed by atoms with E-state index in [9.17, 15) is 9.59 Å². The first-order valence-electron chi connectivity index (χ1n) is 4.52. The molecular weight excluding hydrogens is 198 g/mol. The molecule has 0 aromatic carbocycles. The molecule has 0 amide bonds. The van der Waals surface area contributed by atoms with E-state index in [0.29, 0.717) is 0 Å². The molecule has 1 atom stereocenters. The molecule has 0 rings (SSSR count). The van der Waals surface area contributed by atoms with Crippen molar-refractivity contribution >= 4 is 11.9 Å². The molecule has 1 unspecified atom stereocenters. The summed E-state index contributed by atoms with van der Waals surface area (Å²) >= 11 is 0. The molecule has 0 fully saturated rings. The van der Waals surface area contributed by atoms with E-state index in [0.717, 1.165) is 0 Å². The minimum Gasteiger partial charge on any atom is -0.456 e. The fourth-order valence-corrected chi connectivity index (χ4v) is 0.663. The minimum absolute atomic E-state index is 0.359. The Balaban J connectivity index is 4.34. The highest BCUT2D eigenvalue weighted by Crippen LogP contribution is 2.10. The van der Waals surface area contributed by atoms with Gasteiger partial charge in [-0.2, -0.15) is 0 Å². The summed E-state index contributed by atoms with van der Waals surface area (Å²) in [6.45, 7) is 9.83. The average molecular weight is 215 g/mol. The maximum atomic E-state index is 11.3. The Bertz CT molecular complexity index is 276. The first kappa shape index (κ1) is 13.6. The summed E-state index contributed by atoms with van der Waals surface area (Å²) in [6, 6.07) is 0. The van der Waals surface area contributed by atoms with Crippen molar-refractivity contribution in [2.24, 2.45) is 5.73 Å². The number of carbonyl (C=O) groups excluding carboxylic acids is 2. The number of nitrogens with two attached hydrogens (primary N) is 1. The lowest BCUT2D eigenvalue weighted by molar-refractivity contribution is -0.155. The molecule has 86 valence electrons. The molecule has 0 saturated carbocycles. The second kappa shape index (κ2) is 4.93. The topological polar surface area (TPSA) is 78.6 Å². The summed E-state index contributed by atoms with van der Waals surface area (Å²) in [6.07, 6.45) is -0.781. The van der Waals surface area contributed by atoms with Gasteiger partial charge in [-0.05, 0) is 27.7 Å². The lowest BCUT2D eigenvalue weighted by Gasteiger charge is -2.19. The maximum absolute atomic E-state index is 11.3. The van der Waals surface area contributed by atoms with Gasteiger partial charge in [0.05, 0.1) is 0 Å². The van der Waals surface area contributed by atoms with Crippen LogP contribution in [0.3, 0.4) is 0 Å². The van der Waals surface area contributed by atoms with Crippen molar-refractivity contribution in [1.29, 1.82) is 0 Å². The van der Waals surface area contributed by atoms with E-state index in [1.165, 1.54) is 6.92 Å². The molecule has 0 aromatic heterocycles. The number of carbonyl (C=O) groups is 2. The van der Waals surface area contributed by atoms with Crippen LogP contribution in [0.15, 0.2) is 12.2 Å². The molecule has 0 aliphatic rings. The lowest BCUT2D eigenvalue weighted by Crippen LogP contribution is -2.30. The third kappa shape index (κ3) is 5.85. The molecule has 0 bridgehead atoms. The molecule has 15 heavy (non-hydrogen) atoms. The van der Waals surface area contributed by atoms with Crippen molar-refractivity contribution in [2.75, 3.05) is 0 Å². The molecule has 0 aliphatic carbocycles. The first-order chi connectivity index (χ1) is 6.63. The normalized spacial score (nSPS) is 12.9. The van der Waals surface area contributed by atoms with E-state index in [2.05, 4.69) is 11.3 Å². The van der Waals surface area contributed by atoms with Crippen molar-refractivity contribution in [3.05, 3.63) is 12.2 Å². The largest absolute Gasteiger partial charge is 0.456 e. The highest BCUT2D eigenvalue weighted by molar-refractivity contribution is 6.13. The zero-order valence-electron chi connectivity index (χ0n) is 9.49. The Morgan fingerprint density at radius 2 is 1.73 bits per heavy atom. The van der Waals surface area contributed by atoms with Crippen LogP contribution >= 0.6 is 0 Å². The Morgan fingerprint density at radius 1 is 1.27 bits per heavy atom. The summed E-state index contributed by atoms with van der Waals surface area (Å²) in [5.74, 6) is -1.66. The van der Waals surface area contributed by atoms with Gasteiger partial charge in [-0.1, -0.05) is 6.58 Å². The van der Waals surface area contributed by atoms with Gasteiger partial charge in [0.1, 0.15) is 17.4 Å². The standard InChI is InChI=1S/C10H17NO4/c1-6(8(12)14-7(2)11)9(13)15-10(3,4)5/h7H,1,11H2,2-5H3. The van der Waals surface area contributed by atoms with Crippen LogP contribution in [0.25, 0.3) is 0 Å². The van der Waals surface area contributed by atoms with E-state index in [1.54, 1.807) is 20.8 Å². The van der Waals surface area contributed by atoms with Gasteiger partial charge < -0.3 is 9.47 Å². The SMILES string of the molecule is C=C(C(=O)OC(C)N)C(=O)OC(C)(C)C. The van der Waals surface area contributed by atoms with Crippen LogP contribution in [0.1, 0.15) is 27.7 Å². The van der Waals surface area contributed by atoms with Gasteiger partial charge in [0.15, 0.2) is 0 Å². The van der Waals surface area contributed by atoms with Gasteiger partial charge in [-0.3, -0.25) is 5.73 Å². The van der Waals surface area contributed by atoms with Crippen molar-refractivity contribution in [3.63, 3.8) is 0 Å². The van der Waals surface area contributed by atoms with Crippen molar-refractivity contribution in [1.82, 2.24) is 0 Å². The van der Waals surface area contributed by atoms with Crippen LogP contribution in [0.2, 0.25) is 0 Å². The summed E-state index contributed by atoms with van der Waals surface area (Å²) < 4.78 is 9.51. The second-order valence-corrected chi connectivity index (χ2v) is 4.09. The molecule has 2 N–H and O–H groups in total. The highest BCUT2D eigenvalue weighted by Gasteiger charge is 2.24. The van der Waals surface area contributed by atoms with Crippen LogP contribution in [-0.2, 0) is 19.1 Å². The Morgan fingerprint density at radius 3 is 2.07 bits per heavy atom. The van der Waals surface area contributed by atoms with Crippen molar-refractivity contribution < 1.29 is 19.1 Å². The van der Waals surface area contributed by atoms with Gasteiger partial charge in [-0.25, -0.2) is 9.59 Å². The monoisotopic (exact) mass is 215 g/mol. The predicted molar refractivity (Wildman–Crippen MR) is 54.7 cm³/mol. The summed E-state index contributed by atoms with van der Waals surface area (Å²) in [7, 11) is 0. The number of hydrogen-bond acceptors (Lipinski definition) is 5. The molecule has 5 nitrogen and oxygen atoms in total. The molecule has 0 spiro atoms. The van der Waals surface area contributed by atoms with Gasteiger partial charge in [-0.15, -0.1) is 0 Å². The van der Waals surface area contributed by atoms with Crippen molar-refractivity contribution in [3.8, 4) is 0 Å². The molecule has 0 saturated heterocycles. The zero-order valence-corrected chi connectivity index (χ0v) is 9.49. The minimum atomic E-state index is -0.862. The van der Waals surface area contributed by atoms with Gasteiger partial charge in [0, 0.05) is 0 Å². The van der Waals surface area contributed by atoms with Crippen LogP contribution in [0.4, 0.5) is 0 Å². The first-order valence-corrected chi connectivity index (χ1v) is 4.52. The maximum Gasteiger partial charge on any atom is 0.346 e. The van der Waals surface area contributed by atoms with Crippen molar-refractivity contribution in [2.45, 2.75) is 39.5 Å². The molecule has 0 heterocycles. The van der Waals surface area contributed by atoms with Crippen LogP contribution in [-0.4, -0.2) is 23.8 Å². The average Bonchev–Trinajstić information content (AvgIpc) is 1.98. The smallest absolute Gasteiger partial charge is 0.346 e. The third-order valence-electron chi connectivity index (χ3n) is 1.18. The molecule has 0 aliphatic heterocycles. The number of ether oxygens (including phenoxy) is 2. The van der Waals surface area contributed by atoms with E-state index in [1.807, 2.05) is 0 Å².